The van der Waals surface area contributed by atoms with Crippen LogP contribution in [0.4, 0.5) is 0 Å². The molecule has 1 atom stereocenters. The Morgan fingerprint density at radius 1 is 1.18 bits per heavy atom. The highest BCUT2D eigenvalue weighted by Gasteiger charge is 2.20. The Morgan fingerprint density at radius 2 is 1.89 bits per heavy atom. The molecule has 0 fully saturated rings. The normalized spacial score (nSPS) is 12.4. The van der Waals surface area contributed by atoms with E-state index in [0.29, 0.717) is 12.8 Å². The van der Waals surface area contributed by atoms with Gasteiger partial charge in [0.1, 0.15) is 17.4 Å². The number of carboxylic acids is 1. The Hall–Kier alpha value is -2.44. The lowest BCUT2D eigenvalue weighted by Crippen LogP contribution is -2.41. The summed E-state index contributed by atoms with van der Waals surface area (Å²) in [6.45, 7) is 6.85. The fourth-order valence-corrected chi connectivity index (χ4v) is 3.43. The summed E-state index contributed by atoms with van der Waals surface area (Å²) in [5.74, 6) is 0.116. The van der Waals surface area contributed by atoms with Crippen molar-refractivity contribution in [3.05, 3.63) is 24.3 Å². The molecule has 2 N–H and O–H groups in total. The zero-order valence-electron chi connectivity index (χ0n) is 17.1. The van der Waals surface area contributed by atoms with Crippen LogP contribution in [0.15, 0.2) is 18.5 Å². The van der Waals surface area contributed by atoms with Crippen LogP contribution < -0.4 is 5.32 Å². The summed E-state index contributed by atoms with van der Waals surface area (Å²) >= 11 is 0. The molecule has 154 valence electrons. The SMILES string of the molecule is Cc1nc2cnccc2n1CCCCCCCC(=O)N[C@@H](CC(C)C)C(=O)O. The maximum atomic E-state index is 12.0. The predicted molar refractivity (Wildman–Crippen MR) is 109 cm³/mol. The smallest absolute Gasteiger partial charge is 0.326 e. The van der Waals surface area contributed by atoms with Crippen LogP contribution in [-0.4, -0.2) is 37.6 Å². The van der Waals surface area contributed by atoms with E-state index in [1.165, 1.54) is 0 Å². The van der Waals surface area contributed by atoms with E-state index in [-0.39, 0.29) is 11.8 Å². The minimum Gasteiger partial charge on any atom is -0.480 e. The van der Waals surface area contributed by atoms with Crippen molar-refractivity contribution >= 4 is 22.9 Å². The van der Waals surface area contributed by atoms with Crippen molar-refractivity contribution in [2.75, 3.05) is 0 Å². The summed E-state index contributed by atoms with van der Waals surface area (Å²) in [5.41, 5.74) is 2.06. The van der Waals surface area contributed by atoms with Gasteiger partial charge in [-0.3, -0.25) is 9.78 Å². The van der Waals surface area contributed by atoms with Gasteiger partial charge in [-0.05, 0) is 38.2 Å². The number of fused-ring (bicyclic) bond motifs is 1. The van der Waals surface area contributed by atoms with E-state index in [0.717, 1.165) is 55.5 Å². The summed E-state index contributed by atoms with van der Waals surface area (Å²) in [7, 11) is 0. The standard InChI is InChI=1S/C21H32N4O3/c1-15(2)13-17(21(27)28)24-20(26)9-7-5-4-6-8-12-25-16(3)23-18-14-22-11-10-19(18)25/h10-11,14-15,17H,4-9,12-13H2,1-3H3,(H,24,26)(H,27,28)/t17-/m0/s1. The molecule has 2 rings (SSSR count). The average Bonchev–Trinajstić information content (AvgIpc) is 2.95. The van der Waals surface area contributed by atoms with Crippen LogP contribution in [0.3, 0.4) is 0 Å². The highest BCUT2D eigenvalue weighted by atomic mass is 16.4. The Kier molecular flexibility index (Phi) is 8.42. The molecule has 0 aliphatic heterocycles. The second-order valence-corrected chi connectivity index (χ2v) is 7.78. The van der Waals surface area contributed by atoms with E-state index < -0.39 is 12.0 Å². The number of nitrogens with zero attached hydrogens (tertiary/aromatic N) is 3. The van der Waals surface area contributed by atoms with Gasteiger partial charge in [-0.25, -0.2) is 9.78 Å². The number of nitrogens with one attached hydrogen (secondary N) is 1. The van der Waals surface area contributed by atoms with Crippen LogP contribution in [-0.2, 0) is 16.1 Å². The fraction of sp³-hybridized carbons (Fsp3) is 0.619. The molecule has 2 aromatic rings. The number of hydrogen-bond donors (Lipinski definition) is 2. The van der Waals surface area contributed by atoms with Gasteiger partial charge >= 0.3 is 5.97 Å². The van der Waals surface area contributed by atoms with Crippen LogP contribution in [0.1, 0.15) is 64.6 Å². The molecule has 1 amide bonds. The minimum absolute atomic E-state index is 0.165. The first kappa shape index (κ1) is 21.9. The first-order valence-corrected chi connectivity index (χ1v) is 10.2. The van der Waals surface area contributed by atoms with Crippen molar-refractivity contribution in [1.82, 2.24) is 19.9 Å². The molecular weight excluding hydrogens is 356 g/mol. The molecule has 0 aliphatic rings. The number of rotatable bonds is 12. The molecular formula is C21H32N4O3. The summed E-state index contributed by atoms with van der Waals surface area (Å²) in [4.78, 5) is 31.8. The number of hydrogen-bond acceptors (Lipinski definition) is 4. The van der Waals surface area contributed by atoms with Crippen LogP contribution in [0.5, 0.6) is 0 Å². The molecule has 7 nitrogen and oxygen atoms in total. The summed E-state index contributed by atoms with van der Waals surface area (Å²) in [6, 6.07) is 1.22. The second-order valence-electron chi connectivity index (χ2n) is 7.78. The van der Waals surface area contributed by atoms with Gasteiger partial charge in [0, 0.05) is 19.2 Å². The Morgan fingerprint density at radius 3 is 2.61 bits per heavy atom. The lowest BCUT2D eigenvalue weighted by Gasteiger charge is -2.16. The van der Waals surface area contributed by atoms with Gasteiger partial charge in [0.25, 0.3) is 0 Å². The van der Waals surface area contributed by atoms with E-state index in [1.54, 1.807) is 12.4 Å². The van der Waals surface area contributed by atoms with Gasteiger partial charge < -0.3 is 15.0 Å². The molecule has 2 aromatic heterocycles. The number of amides is 1. The van der Waals surface area contributed by atoms with Crippen molar-refractivity contribution in [3.63, 3.8) is 0 Å². The van der Waals surface area contributed by atoms with Crippen LogP contribution >= 0.6 is 0 Å². The minimum atomic E-state index is -0.958. The van der Waals surface area contributed by atoms with Crippen molar-refractivity contribution in [2.24, 2.45) is 5.92 Å². The topological polar surface area (TPSA) is 97.1 Å². The third kappa shape index (κ3) is 6.62. The van der Waals surface area contributed by atoms with Crippen LogP contribution in [0.25, 0.3) is 11.0 Å². The first-order chi connectivity index (χ1) is 13.4. The molecule has 2 heterocycles. The second kappa shape index (κ2) is 10.8. The number of aromatic nitrogens is 3. The monoisotopic (exact) mass is 388 g/mol. The van der Waals surface area contributed by atoms with E-state index in [4.69, 9.17) is 0 Å². The zero-order chi connectivity index (χ0) is 20.5. The quantitative estimate of drug-likeness (QED) is 0.540. The zero-order valence-corrected chi connectivity index (χ0v) is 17.1. The number of aryl methyl sites for hydroxylation is 2. The molecule has 7 heteroatoms. The van der Waals surface area contributed by atoms with Crippen molar-refractivity contribution in [3.8, 4) is 0 Å². The third-order valence-corrected chi connectivity index (χ3v) is 4.87. The number of unbranched alkanes of at least 4 members (excludes halogenated alkanes) is 4. The summed E-state index contributed by atoms with van der Waals surface area (Å²) < 4.78 is 2.23. The van der Waals surface area contributed by atoms with Crippen molar-refractivity contribution in [1.29, 1.82) is 0 Å². The number of aliphatic carboxylic acids is 1. The van der Waals surface area contributed by atoms with E-state index >= 15 is 0 Å². The van der Waals surface area contributed by atoms with Crippen molar-refractivity contribution < 1.29 is 14.7 Å². The van der Waals surface area contributed by atoms with E-state index in [9.17, 15) is 14.7 Å². The van der Waals surface area contributed by atoms with Crippen molar-refractivity contribution in [2.45, 2.75) is 78.3 Å². The molecule has 0 spiro atoms. The third-order valence-electron chi connectivity index (χ3n) is 4.87. The Bertz CT molecular complexity index is 785. The average molecular weight is 389 g/mol. The molecule has 0 radical (unpaired) electrons. The van der Waals surface area contributed by atoms with Gasteiger partial charge in [0.05, 0.1) is 11.7 Å². The van der Waals surface area contributed by atoms with Gasteiger partial charge in [0.2, 0.25) is 5.91 Å². The molecule has 0 aliphatic carbocycles. The highest BCUT2D eigenvalue weighted by molar-refractivity contribution is 5.83. The number of pyridine rings is 1. The van der Waals surface area contributed by atoms with Crippen LogP contribution in [0, 0.1) is 12.8 Å². The molecule has 0 unspecified atom stereocenters. The molecule has 28 heavy (non-hydrogen) atoms. The predicted octanol–water partition coefficient (Wildman–Crippen LogP) is 3.70. The lowest BCUT2D eigenvalue weighted by atomic mass is 10.0. The Labute approximate surface area is 166 Å². The molecule has 0 bridgehead atoms. The van der Waals surface area contributed by atoms with Gasteiger partial charge in [-0.1, -0.05) is 33.1 Å². The maximum Gasteiger partial charge on any atom is 0.326 e. The van der Waals surface area contributed by atoms with E-state index in [1.807, 2.05) is 26.8 Å². The van der Waals surface area contributed by atoms with E-state index in [2.05, 4.69) is 19.9 Å². The van der Waals surface area contributed by atoms with Gasteiger partial charge in [-0.2, -0.15) is 0 Å². The molecule has 0 saturated carbocycles. The lowest BCUT2D eigenvalue weighted by molar-refractivity contribution is -0.142. The Balaban J connectivity index is 1.62. The number of imidazole rings is 1. The van der Waals surface area contributed by atoms with Gasteiger partial charge in [0.15, 0.2) is 0 Å². The summed E-state index contributed by atoms with van der Waals surface area (Å²) in [5, 5.41) is 11.8. The molecule has 0 saturated heterocycles. The number of carbonyl (C=O) groups excluding carboxylic acids is 1. The largest absolute Gasteiger partial charge is 0.480 e. The van der Waals surface area contributed by atoms with Crippen LogP contribution in [0.2, 0.25) is 0 Å². The first-order valence-electron chi connectivity index (χ1n) is 10.2. The number of carboxylic acid groups (broad SMARTS) is 1. The fourth-order valence-electron chi connectivity index (χ4n) is 3.43. The number of carbonyl (C=O) groups is 2. The maximum absolute atomic E-state index is 12.0. The van der Waals surface area contributed by atoms with Gasteiger partial charge in [-0.15, -0.1) is 0 Å². The molecule has 0 aromatic carbocycles. The summed E-state index contributed by atoms with van der Waals surface area (Å²) in [6.07, 6.45) is 9.42. The highest BCUT2D eigenvalue weighted by Crippen LogP contribution is 2.16.